The Balaban J connectivity index is 1.88. The van der Waals surface area contributed by atoms with Crippen LogP contribution in [0.1, 0.15) is 17.7 Å². The van der Waals surface area contributed by atoms with Crippen LogP contribution in [0.5, 0.6) is 11.5 Å². The lowest BCUT2D eigenvalue weighted by Crippen LogP contribution is -2.42. The number of carbonyl (C=O) groups is 2. The number of phenolic OH excluding ortho intramolecular Hbond substituents is 2. The van der Waals surface area contributed by atoms with Gasteiger partial charge in [0.2, 0.25) is 5.91 Å². The average Bonchev–Trinajstić information content (AvgIpc) is 3.01. The zero-order valence-electron chi connectivity index (χ0n) is 12.3. The number of carboxylic acid groups (broad SMARTS) is 1. The van der Waals surface area contributed by atoms with Crippen LogP contribution in [-0.2, 0) is 22.4 Å². The van der Waals surface area contributed by atoms with Crippen LogP contribution in [0.25, 0.3) is 0 Å². The van der Waals surface area contributed by atoms with Gasteiger partial charge < -0.3 is 25.6 Å². The summed E-state index contributed by atoms with van der Waals surface area (Å²) in [6, 6.07) is 6.81. The molecule has 2 rings (SSSR count). The van der Waals surface area contributed by atoms with Crippen molar-refractivity contribution in [2.45, 2.75) is 25.3 Å². The number of aromatic nitrogens is 1. The zero-order valence-corrected chi connectivity index (χ0v) is 12.3. The van der Waals surface area contributed by atoms with Crippen LogP contribution in [0.3, 0.4) is 0 Å². The molecule has 2 aromatic rings. The summed E-state index contributed by atoms with van der Waals surface area (Å²) in [6.45, 7) is 0. The van der Waals surface area contributed by atoms with Crippen LogP contribution in [-0.4, -0.2) is 38.2 Å². The van der Waals surface area contributed by atoms with Crippen LogP contribution in [0, 0.1) is 0 Å². The predicted molar refractivity (Wildman–Crippen MR) is 82.2 cm³/mol. The quantitative estimate of drug-likeness (QED) is 0.490. The van der Waals surface area contributed by atoms with Gasteiger partial charge in [-0.05, 0) is 36.2 Å². The number of carbonyl (C=O) groups excluding carboxylic acids is 1. The molecule has 1 atom stereocenters. The zero-order chi connectivity index (χ0) is 16.8. The summed E-state index contributed by atoms with van der Waals surface area (Å²) < 4.78 is 0. The van der Waals surface area contributed by atoms with Crippen LogP contribution >= 0.6 is 0 Å². The summed E-state index contributed by atoms with van der Waals surface area (Å²) in [4.78, 5) is 26.0. The Morgan fingerprint density at radius 1 is 1.17 bits per heavy atom. The number of aryl methyl sites for hydroxylation is 1. The van der Waals surface area contributed by atoms with Gasteiger partial charge in [-0.2, -0.15) is 0 Å². The van der Waals surface area contributed by atoms with Gasteiger partial charge in [0.05, 0.1) is 0 Å². The second-order valence-electron chi connectivity index (χ2n) is 5.18. The van der Waals surface area contributed by atoms with Crippen molar-refractivity contribution in [3.63, 3.8) is 0 Å². The first kappa shape index (κ1) is 16.4. The van der Waals surface area contributed by atoms with Gasteiger partial charge in [0.1, 0.15) is 6.04 Å². The number of hydrogen-bond acceptors (Lipinski definition) is 4. The minimum atomic E-state index is -1.10. The number of amides is 1. The molecule has 0 saturated heterocycles. The highest BCUT2D eigenvalue weighted by molar-refractivity contribution is 5.83. The van der Waals surface area contributed by atoms with E-state index in [1.807, 2.05) is 0 Å². The smallest absolute Gasteiger partial charge is 0.326 e. The first-order valence-corrected chi connectivity index (χ1v) is 7.11. The molecule has 0 aliphatic heterocycles. The Labute approximate surface area is 132 Å². The highest BCUT2D eigenvalue weighted by atomic mass is 16.4. The molecule has 0 radical (unpaired) electrons. The molecule has 0 bridgehead atoms. The maximum atomic E-state index is 11.9. The SMILES string of the molecule is O=C(CCc1ccc(O)c(O)c1)NC(Cc1ccc[nH]1)C(=O)O. The molecule has 0 aliphatic rings. The van der Waals surface area contributed by atoms with E-state index in [1.165, 1.54) is 12.1 Å². The molecule has 7 nitrogen and oxygen atoms in total. The summed E-state index contributed by atoms with van der Waals surface area (Å²) in [6.07, 6.45) is 2.27. The number of phenols is 2. The molecule has 0 aliphatic carbocycles. The number of benzene rings is 1. The maximum Gasteiger partial charge on any atom is 0.326 e. The number of aromatic amines is 1. The van der Waals surface area contributed by atoms with Crippen molar-refractivity contribution >= 4 is 11.9 Å². The Morgan fingerprint density at radius 3 is 2.57 bits per heavy atom. The largest absolute Gasteiger partial charge is 0.504 e. The predicted octanol–water partition coefficient (Wildman–Crippen LogP) is 1.17. The molecule has 5 N–H and O–H groups in total. The lowest BCUT2D eigenvalue weighted by atomic mass is 10.1. The lowest BCUT2D eigenvalue weighted by molar-refractivity contribution is -0.141. The van der Waals surface area contributed by atoms with Gasteiger partial charge in [-0.1, -0.05) is 6.07 Å². The average molecular weight is 318 g/mol. The third-order valence-corrected chi connectivity index (χ3v) is 3.40. The Kier molecular flexibility index (Phi) is 5.24. The molecule has 1 aromatic heterocycles. The summed E-state index contributed by atoms with van der Waals surface area (Å²) in [5.41, 5.74) is 1.40. The monoisotopic (exact) mass is 318 g/mol. The highest BCUT2D eigenvalue weighted by Crippen LogP contribution is 2.25. The topological polar surface area (TPSA) is 123 Å². The number of hydrogen-bond donors (Lipinski definition) is 5. The van der Waals surface area contributed by atoms with E-state index >= 15 is 0 Å². The second-order valence-corrected chi connectivity index (χ2v) is 5.18. The van der Waals surface area contributed by atoms with E-state index in [0.29, 0.717) is 12.0 Å². The lowest BCUT2D eigenvalue weighted by Gasteiger charge is -2.14. The van der Waals surface area contributed by atoms with Crippen LogP contribution in [0.4, 0.5) is 0 Å². The van der Waals surface area contributed by atoms with E-state index < -0.39 is 17.9 Å². The number of aromatic hydroxyl groups is 2. The highest BCUT2D eigenvalue weighted by Gasteiger charge is 2.20. The van der Waals surface area contributed by atoms with E-state index in [4.69, 9.17) is 0 Å². The number of carboxylic acids is 1. The fourth-order valence-electron chi connectivity index (χ4n) is 2.16. The van der Waals surface area contributed by atoms with Crippen molar-refractivity contribution < 1.29 is 24.9 Å². The van der Waals surface area contributed by atoms with E-state index in [1.54, 1.807) is 24.4 Å². The van der Waals surface area contributed by atoms with E-state index in [9.17, 15) is 24.9 Å². The van der Waals surface area contributed by atoms with Crippen LogP contribution < -0.4 is 5.32 Å². The third-order valence-electron chi connectivity index (χ3n) is 3.40. The molecular formula is C16H18N2O5. The molecule has 7 heteroatoms. The summed E-state index contributed by atoms with van der Waals surface area (Å²) in [5, 5.41) is 30.3. The van der Waals surface area contributed by atoms with Crippen molar-refractivity contribution in [1.29, 1.82) is 0 Å². The van der Waals surface area contributed by atoms with Crippen molar-refractivity contribution in [1.82, 2.24) is 10.3 Å². The standard InChI is InChI=1S/C16H18N2O5/c19-13-5-3-10(8-14(13)20)4-6-15(21)18-12(16(22)23)9-11-2-1-7-17-11/h1-3,5,7-8,12,17,19-20H,4,6,9H2,(H,18,21)(H,22,23). The molecule has 1 aromatic carbocycles. The normalized spacial score (nSPS) is 11.8. The first-order valence-electron chi connectivity index (χ1n) is 7.11. The van der Waals surface area contributed by atoms with E-state index in [2.05, 4.69) is 10.3 Å². The Bertz CT molecular complexity index is 682. The first-order chi connectivity index (χ1) is 11.0. The number of aliphatic carboxylic acids is 1. The second kappa shape index (κ2) is 7.35. The Hall–Kier alpha value is -2.96. The molecular weight excluding hydrogens is 300 g/mol. The minimum absolute atomic E-state index is 0.0821. The van der Waals surface area contributed by atoms with Crippen molar-refractivity contribution in [3.05, 3.63) is 47.8 Å². The fraction of sp³-hybridized carbons (Fsp3) is 0.250. The van der Waals surface area contributed by atoms with E-state index in [-0.39, 0.29) is 24.3 Å². The summed E-state index contributed by atoms with van der Waals surface area (Å²) >= 11 is 0. The number of rotatable bonds is 7. The Morgan fingerprint density at radius 2 is 1.96 bits per heavy atom. The van der Waals surface area contributed by atoms with Gasteiger partial charge in [-0.25, -0.2) is 4.79 Å². The molecule has 1 heterocycles. The van der Waals surface area contributed by atoms with Crippen LogP contribution in [0.15, 0.2) is 36.5 Å². The molecule has 0 fully saturated rings. The summed E-state index contributed by atoms with van der Waals surface area (Å²) in [7, 11) is 0. The number of H-pyrrole nitrogens is 1. The van der Waals surface area contributed by atoms with E-state index in [0.717, 1.165) is 5.69 Å². The molecule has 1 amide bonds. The van der Waals surface area contributed by atoms with Gasteiger partial charge in [0.15, 0.2) is 11.5 Å². The molecule has 1 unspecified atom stereocenters. The fourth-order valence-corrected chi connectivity index (χ4v) is 2.16. The third kappa shape index (κ3) is 4.77. The minimum Gasteiger partial charge on any atom is -0.504 e. The maximum absolute atomic E-state index is 11.9. The van der Waals surface area contributed by atoms with Gasteiger partial charge in [0.25, 0.3) is 0 Å². The number of nitrogens with one attached hydrogen (secondary N) is 2. The van der Waals surface area contributed by atoms with Crippen molar-refractivity contribution in [2.75, 3.05) is 0 Å². The van der Waals surface area contributed by atoms with Crippen molar-refractivity contribution in [2.24, 2.45) is 0 Å². The molecule has 0 spiro atoms. The van der Waals surface area contributed by atoms with Gasteiger partial charge in [-0.15, -0.1) is 0 Å². The molecule has 122 valence electrons. The van der Waals surface area contributed by atoms with Gasteiger partial charge in [0, 0.05) is 24.7 Å². The summed E-state index contributed by atoms with van der Waals surface area (Å²) in [5.74, 6) is -1.97. The molecule has 23 heavy (non-hydrogen) atoms. The van der Waals surface area contributed by atoms with Crippen molar-refractivity contribution in [3.8, 4) is 11.5 Å². The molecule has 0 saturated carbocycles. The van der Waals surface area contributed by atoms with Gasteiger partial charge >= 0.3 is 5.97 Å². The van der Waals surface area contributed by atoms with Gasteiger partial charge in [-0.3, -0.25) is 4.79 Å². The van der Waals surface area contributed by atoms with Crippen LogP contribution in [0.2, 0.25) is 0 Å².